The normalized spacial score (nSPS) is 12.4. The molecule has 0 saturated heterocycles. The summed E-state index contributed by atoms with van der Waals surface area (Å²) in [6.07, 6.45) is 1.09. The van der Waals surface area contributed by atoms with Crippen LogP contribution in [0.25, 0.3) is 11.1 Å². The van der Waals surface area contributed by atoms with E-state index in [4.69, 9.17) is 0 Å². The molecule has 1 aliphatic rings. The van der Waals surface area contributed by atoms with Crippen molar-refractivity contribution in [3.8, 4) is 11.1 Å². The van der Waals surface area contributed by atoms with Crippen LogP contribution < -0.4 is 0 Å². The van der Waals surface area contributed by atoms with Gasteiger partial charge in [0.05, 0.1) is 0 Å². The Morgan fingerprint density at radius 3 is 2.56 bits per heavy atom. The lowest BCUT2D eigenvalue weighted by Crippen LogP contribution is -1.91. The van der Waals surface area contributed by atoms with Crippen molar-refractivity contribution < 1.29 is 0 Å². The van der Waals surface area contributed by atoms with Gasteiger partial charge in [-0.3, -0.25) is 0 Å². The second kappa shape index (κ2) is 3.46. The summed E-state index contributed by atoms with van der Waals surface area (Å²) in [6, 6.07) is 11.0. The zero-order valence-electron chi connectivity index (χ0n) is 9.47. The lowest BCUT2D eigenvalue weighted by molar-refractivity contribution is 1.18. The van der Waals surface area contributed by atoms with Crippen LogP contribution in [0.3, 0.4) is 0 Å². The number of benzene rings is 2. The first-order valence-corrected chi connectivity index (χ1v) is 6.34. The van der Waals surface area contributed by atoms with E-state index in [9.17, 15) is 0 Å². The topological polar surface area (TPSA) is 0 Å². The van der Waals surface area contributed by atoms with Gasteiger partial charge in [-0.25, -0.2) is 0 Å². The average molecular weight is 273 g/mol. The van der Waals surface area contributed by atoms with E-state index in [0.717, 1.165) is 6.42 Å². The lowest BCUT2D eigenvalue weighted by atomic mass is 9.98. The summed E-state index contributed by atoms with van der Waals surface area (Å²) in [6.45, 7) is 4.41. The maximum atomic E-state index is 3.65. The first kappa shape index (κ1) is 10.1. The molecular weight excluding hydrogens is 260 g/mol. The highest BCUT2D eigenvalue weighted by Gasteiger charge is 2.21. The van der Waals surface area contributed by atoms with Gasteiger partial charge >= 0.3 is 0 Å². The minimum atomic E-state index is 1.09. The SMILES string of the molecule is Cc1c(Br)cc2c(c1C)Cc1ccccc1-2. The van der Waals surface area contributed by atoms with Gasteiger partial charge in [-0.15, -0.1) is 0 Å². The van der Waals surface area contributed by atoms with E-state index in [1.54, 1.807) is 0 Å². The molecule has 3 rings (SSSR count). The zero-order valence-corrected chi connectivity index (χ0v) is 11.1. The summed E-state index contributed by atoms with van der Waals surface area (Å²) < 4.78 is 1.22. The largest absolute Gasteiger partial charge is 0.0619 e. The van der Waals surface area contributed by atoms with Gasteiger partial charge in [0.25, 0.3) is 0 Å². The fourth-order valence-electron chi connectivity index (χ4n) is 2.53. The molecule has 1 heteroatoms. The standard InChI is InChI=1S/C15H13Br/c1-9-10(2)15(16)8-14-12-6-4-3-5-11(12)7-13(9)14/h3-6,8H,7H2,1-2H3. The molecule has 0 heterocycles. The van der Waals surface area contributed by atoms with Crippen LogP contribution in [-0.2, 0) is 6.42 Å². The molecule has 2 aromatic carbocycles. The van der Waals surface area contributed by atoms with Crippen molar-refractivity contribution in [2.45, 2.75) is 20.3 Å². The summed E-state index contributed by atoms with van der Waals surface area (Å²) in [5.41, 5.74) is 8.57. The van der Waals surface area contributed by atoms with Crippen LogP contribution >= 0.6 is 15.9 Å². The zero-order chi connectivity index (χ0) is 11.3. The highest BCUT2D eigenvalue weighted by atomic mass is 79.9. The van der Waals surface area contributed by atoms with Crippen molar-refractivity contribution in [2.24, 2.45) is 0 Å². The Hall–Kier alpha value is -1.08. The molecule has 0 radical (unpaired) electrons. The van der Waals surface area contributed by atoms with Gasteiger partial charge in [-0.05, 0) is 59.7 Å². The van der Waals surface area contributed by atoms with Crippen molar-refractivity contribution >= 4 is 15.9 Å². The maximum absolute atomic E-state index is 3.65. The molecule has 0 unspecified atom stereocenters. The summed E-state index contributed by atoms with van der Waals surface area (Å²) in [4.78, 5) is 0. The molecule has 0 nitrogen and oxygen atoms in total. The Morgan fingerprint density at radius 2 is 1.75 bits per heavy atom. The van der Waals surface area contributed by atoms with Crippen LogP contribution in [0.1, 0.15) is 22.3 Å². The summed E-state index contributed by atoms with van der Waals surface area (Å²) in [5.74, 6) is 0. The second-order valence-electron chi connectivity index (χ2n) is 4.47. The first-order valence-electron chi connectivity index (χ1n) is 5.55. The molecular formula is C15H13Br. The van der Waals surface area contributed by atoms with E-state index in [1.807, 2.05) is 0 Å². The van der Waals surface area contributed by atoms with Gasteiger partial charge in [0.15, 0.2) is 0 Å². The molecule has 0 amide bonds. The minimum Gasteiger partial charge on any atom is -0.0619 e. The molecule has 0 bridgehead atoms. The molecule has 0 aliphatic heterocycles. The monoisotopic (exact) mass is 272 g/mol. The van der Waals surface area contributed by atoms with Crippen LogP contribution in [-0.4, -0.2) is 0 Å². The Balaban J connectivity index is 2.34. The van der Waals surface area contributed by atoms with Gasteiger partial charge in [-0.2, -0.15) is 0 Å². The van der Waals surface area contributed by atoms with Crippen molar-refractivity contribution in [1.82, 2.24) is 0 Å². The van der Waals surface area contributed by atoms with Crippen LogP contribution in [0.4, 0.5) is 0 Å². The number of hydrogen-bond acceptors (Lipinski definition) is 0. The fourth-order valence-corrected chi connectivity index (χ4v) is 3.05. The van der Waals surface area contributed by atoms with Gasteiger partial charge in [-0.1, -0.05) is 40.2 Å². The van der Waals surface area contributed by atoms with Crippen molar-refractivity contribution in [3.63, 3.8) is 0 Å². The van der Waals surface area contributed by atoms with E-state index in [-0.39, 0.29) is 0 Å². The predicted molar refractivity (Wildman–Crippen MR) is 71.9 cm³/mol. The van der Waals surface area contributed by atoms with E-state index >= 15 is 0 Å². The molecule has 0 aromatic heterocycles. The van der Waals surface area contributed by atoms with Gasteiger partial charge in [0.2, 0.25) is 0 Å². The lowest BCUT2D eigenvalue weighted by Gasteiger charge is -2.10. The fraction of sp³-hybridized carbons (Fsp3) is 0.200. The van der Waals surface area contributed by atoms with Crippen LogP contribution in [0.5, 0.6) is 0 Å². The third-order valence-corrected chi connectivity index (χ3v) is 4.47. The molecule has 0 saturated carbocycles. The predicted octanol–water partition coefficient (Wildman–Crippen LogP) is 4.64. The van der Waals surface area contributed by atoms with Crippen LogP contribution in [0, 0.1) is 13.8 Å². The molecule has 0 fully saturated rings. The number of fused-ring (bicyclic) bond motifs is 3. The third-order valence-electron chi connectivity index (χ3n) is 3.64. The summed E-state index contributed by atoms with van der Waals surface area (Å²) in [7, 11) is 0. The second-order valence-corrected chi connectivity index (χ2v) is 5.32. The number of hydrogen-bond donors (Lipinski definition) is 0. The quantitative estimate of drug-likeness (QED) is 0.560. The molecule has 2 aromatic rings. The number of rotatable bonds is 0. The molecule has 1 aliphatic carbocycles. The highest BCUT2D eigenvalue weighted by molar-refractivity contribution is 9.10. The third kappa shape index (κ3) is 1.28. The van der Waals surface area contributed by atoms with Gasteiger partial charge in [0.1, 0.15) is 0 Å². The van der Waals surface area contributed by atoms with Crippen molar-refractivity contribution in [2.75, 3.05) is 0 Å². The minimum absolute atomic E-state index is 1.09. The Bertz CT molecular complexity index is 582. The summed E-state index contributed by atoms with van der Waals surface area (Å²) in [5, 5.41) is 0. The van der Waals surface area contributed by atoms with Gasteiger partial charge < -0.3 is 0 Å². The van der Waals surface area contributed by atoms with Crippen LogP contribution in [0.2, 0.25) is 0 Å². The number of halogens is 1. The Morgan fingerprint density at radius 1 is 1.00 bits per heavy atom. The Labute approximate surface area is 104 Å². The molecule has 0 atom stereocenters. The molecule has 16 heavy (non-hydrogen) atoms. The van der Waals surface area contributed by atoms with E-state index in [2.05, 4.69) is 60.1 Å². The van der Waals surface area contributed by atoms with Crippen molar-refractivity contribution in [3.05, 3.63) is 57.1 Å². The van der Waals surface area contributed by atoms with Crippen molar-refractivity contribution in [1.29, 1.82) is 0 Å². The smallest absolute Gasteiger partial charge is 0.0213 e. The van der Waals surface area contributed by atoms with E-state index in [0.29, 0.717) is 0 Å². The van der Waals surface area contributed by atoms with E-state index in [1.165, 1.54) is 37.9 Å². The maximum Gasteiger partial charge on any atom is 0.0213 e. The van der Waals surface area contributed by atoms with Crippen LogP contribution in [0.15, 0.2) is 34.8 Å². The molecule has 80 valence electrons. The molecule has 0 spiro atoms. The van der Waals surface area contributed by atoms with E-state index < -0.39 is 0 Å². The van der Waals surface area contributed by atoms with Gasteiger partial charge in [0, 0.05) is 4.47 Å². The average Bonchev–Trinajstić information content (AvgIpc) is 2.65. The Kier molecular flexibility index (Phi) is 2.18. The first-order chi connectivity index (χ1) is 7.68. The summed E-state index contributed by atoms with van der Waals surface area (Å²) >= 11 is 3.65. The highest BCUT2D eigenvalue weighted by Crippen LogP contribution is 2.41. The molecule has 0 N–H and O–H groups in total.